The van der Waals surface area contributed by atoms with E-state index in [1.54, 1.807) is 30.5 Å². The van der Waals surface area contributed by atoms with Gasteiger partial charge in [-0.25, -0.2) is 0 Å². The molecule has 3 heteroatoms. The van der Waals surface area contributed by atoms with Gasteiger partial charge in [0.05, 0.1) is 15.9 Å². The highest BCUT2D eigenvalue weighted by Gasteiger charge is 2.02. The van der Waals surface area contributed by atoms with E-state index in [0.29, 0.717) is 15.9 Å². The van der Waals surface area contributed by atoms with Crippen molar-refractivity contribution in [3.63, 3.8) is 0 Å². The second kappa shape index (κ2) is 2.64. The lowest BCUT2D eigenvalue weighted by molar-refractivity contribution is 0.481. The predicted octanol–water partition coefficient (Wildman–Crippen LogP) is 2.59. The van der Waals surface area contributed by atoms with E-state index in [1.165, 1.54) is 0 Å². The third-order valence-electron chi connectivity index (χ3n) is 1.69. The van der Waals surface area contributed by atoms with Crippen molar-refractivity contribution in [3.05, 3.63) is 35.5 Å². The molecule has 0 spiro atoms. The molecule has 0 aliphatic carbocycles. The second-order valence-corrected chi connectivity index (χ2v) is 2.87. The van der Waals surface area contributed by atoms with Crippen LogP contribution >= 0.6 is 11.6 Å². The van der Waals surface area contributed by atoms with Crippen LogP contribution in [0.15, 0.2) is 30.5 Å². The van der Waals surface area contributed by atoms with Crippen molar-refractivity contribution in [2.24, 2.45) is 0 Å². The predicted molar refractivity (Wildman–Crippen MR) is 48.4 cm³/mol. The van der Waals surface area contributed by atoms with Gasteiger partial charge in [0.1, 0.15) is 5.75 Å². The van der Waals surface area contributed by atoms with Crippen molar-refractivity contribution < 1.29 is 5.11 Å². The third-order valence-corrected chi connectivity index (χ3v) is 2.01. The lowest BCUT2D eigenvalue weighted by atomic mass is 10.2. The second-order valence-electron chi connectivity index (χ2n) is 2.46. The number of hydrogen-bond donors (Lipinski definition) is 1. The zero-order chi connectivity index (χ0) is 8.55. The van der Waals surface area contributed by atoms with Crippen molar-refractivity contribution in [2.45, 2.75) is 0 Å². The number of rotatable bonds is 0. The van der Waals surface area contributed by atoms with Crippen LogP contribution in [0.1, 0.15) is 0 Å². The molecule has 0 aliphatic heterocycles. The van der Waals surface area contributed by atoms with Gasteiger partial charge in [0.2, 0.25) is 0 Å². The molecule has 0 saturated heterocycles. The molecule has 2 aromatic rings. The first-order chi connectivity index (χ1) is 5.79. The molecule has 0 bridgehead atoms. The quantitative estimate of drug-likeness (QED) is 0.675. The van der Waals surface area contributed by atoms with Gasteiger partial charge in [-0.2, -0.15) is 0 Å². The number of hydrogen-bond acceptors (Lipinski definition) is 2. The monoisotopic (exact) mass is 179 g/mol. The number of nitrogens with zero attached hydrogens (tertiary/aromatic N) is 1. The molecule has 0 fully saturated rings. The van der Waals surface area contributed by atoms with Crippen LogP contribution in [-0.4, -0.2) is 10.1 Å². The number of phenols is 1. The average Bonchev–Trinajstić information content (AvgIpc) is 2.04. The third kappa shape index (κ3) is 1.01. The summed E-state index contributed by atoms with van der Waals surface area (Å²) in [7, 11) is 0. The minimum atomic E-state index is 0.172. The van der Waals surface area contributed by atoms with Crippen molar-refractivity contribution in [1.29, 1.82) is 0 Å². The first-order valence-corrected chi connectivity index (χ1v) is 3.89. The molecule has 0 radical (unpaired) electrons. The van der Waals surface area contributed by atoms with Crippen molar-refractivity contribution in [2.75, 3.05) is 0 Å². The first kappa shape index (κ1) is 7.37. The van der Waals surface area contributed by atoms with Crippen LogP contribution < -0.4 is 0 Å². The fourth-order valence-corrected chi connectivity index (χ4v) is 1.40. The maximum absolute atomic E-state index is 9.43. The summed E-state index contributed by atoms with van der Waals surface area (Å²) in [5.41, 5.74) is 0.711. The smallest absolute Gasteiger partial charge is 0.126 e. The molecule has 1 heterocycles. The van der Waals surface area contributed by atoms with Gasteiger partial charge in [-0.05, 0) is 18.2 Å². The van der Waals surface area contributed by atoms with E-state index in [-0.39, 0.29) is 5.75 Å². The van der Waals surface area contributed by atoms with Gasteiger partial charge in [-0.15, -0.1) is 0 Å². The zero-order valence-corrected chi connectivity index (χ0v) is 6.92. The summed E-state index contributed by atoms with van der Waals surface area (Å²) in [6.07, 6.45) is 1.62. The molecule has 0 atom stereocenters. The Morgan fingerprint density at radius 1 is 1.25 bits per heavy atom. The van der Waals surface area contributed by atoms with Crippen LogP contribution in [0.25, 0.3) is 10.9 Å². The van der Waals surface area contributed by atoms with Crippen molar-refractivity contribution >= 4 is 22.5 Å². The molecule has 0 aliphatic rings. The Balaban J connectivity index is 2.96. The summed E-state index contributed by atoms with van der Waals surface area (Å²) in [6.45, 7) is 0. The summed E-state index contributed by atoms with van der Waals surface area (Å²) in [6, 6.07) is 6.79. The Morgan fingerprint density at radius 3 is 2.83 bits per heavy atom. The number of halogens is 1. The van der Waals surface area contributed by atoms with Gasteiger partial charge in [0.15, 0.2) is 0 Å². The molecule has 12 heavy (non-hydrogen) atoms. The molecule has 2 nitrogen and oxygen atoms in total. The summed E-state index contributed by atoms with van der Waals surface area (Å²) in [5, 5.41) is 10.6. The van der Waals surface area contributed by atoms with E-state index in [2.05, 4.69) is 4.98 Å². The first-order valence-electron chi connectivity index (χ1n) is 3.51. The highest BCUT2D eigenvalue weighted by atomic mass is 35.5. The van der Waals surface area contributed by atoms with E-state index in [1.807, 2.05) is 0 Å². The van der Waals surface area contributed by atoms with Gasteiger partial charge in [-0.1, -0.05) is 17.7 Å². The van der Waals surface area contributed by atoms with Crippen molar-refractivity contribution in [3.8, 4) is 5.75 Å². The van der Waals surface area contributed by atoms with Crippen molar-refractivity contribution in [1.82, 2.24) is 4.98 Å². The van der Waals surface area contributed by atoms with Crippen LogP contribution in [0.2, 0.25) is 5.02 Å². The molecular weight excluding hydrogens is 174 g/mol. The molecule has 60 valence electrons. The number of fused-ring (bicyclic) bond motifs is 1. The topological polar surface area (TPSA) is 33.1 Å². The molecule has 0 saturated carbocycles. The fourth-order valence-electron chi connectivity index (χ4n) is 1.15. The molecule has 2 rings (SSSR count). The van der Waals surface area contributed by atoms with Gasteiger partial charge >= 0.3 is 0 Å². The Bertz CT molecular complexity index is 391. The Kier molecular flexibility index (Phi) is 1.62. The molecule has 0 amide bonds. The summed E-state index contributed by atoms with van der Waals surface area (Å²) in [5.74, 6) is 0.172. The SMILES string of the molecule is Oc1cccc2nccc(Cl)c12. The van der Waals surface area contributed by atoms with Crippen LogP contribution in [0.3, 0.4) is 0 Å². The minimum absolute atomic E-state index is 0.172. The maximum atomic E-state index is 9.43. The fraction of sp³-hybridized carbons (Fsp3) is 0. The Morgan fingerprint density at radius 2 is 2.08 bits per heavy atom. The number of pyridine rings is 1. The standard InChI is InChI=1S/C9H6ClNO/c10-6-4-5-11-7-2-1-3-8(12)9(6)7/h1-5,12H. The molecule has 1 N–H and O–H groups in total. The van der Waals surface area contributed by atoms with E-state index in [0.717, 1.165) is 0 Å². The Labute approximate surface area is 74.4 Å². The van der Waals surface area contributed by atoms with Gasteiger partial charge in [0.25, 0.3) is 0 Å². The number of benzene rings is 1. The van der Waals surface area contributed by atoms with Crippen LogP contribution in [0, 0.1) is 0 Å². The number of aromatic hydroxyl groups is 1. The normalized spacial score (nSPS) is 10.4. The van der Waals surface area contributed by atoms with E-state index < -0.39 is 0 Å². The molecular formula is C9H6ClNO. The van der Waals surface area contributed by atoms with Crippen LogP contribution in [0.4, 0.5) is 0 Å². The summed E-state index contributed by atoms with van der Waals surface area (Å²) >= 11 is 5.86. The highest BCUT2D eigenvalue weighted by molar-refractivity contribution is 6.35. The lowest BCUT2D eigenvalue weighted by Gasteiger charge is -2.00. The summed E-state index contributed by atoms with van der Waals surface area (Å²) < 4.78 is 0. The average molecular weight is 180 g/mol. The van der Waals surface area contributed by atoms with Crippen LogP contribution in [-0.2, 0) is 0 Å². The largest absolute Gasteiger partial charge is 0.507 e. The lowest BCUT2D eigenvalue weighted by Crippen LogP contribution is -1.78. The van der Waals surface area contributed by atoms with E-state index in [9.17, 15) is 5.11 Å². The number of aromatic nitrogens is 1. The van der Waals surface area contributed by atoms with E-state index in [4.69, 9.17) is 11.6 Å². The zero-order valence-electron chi connectivity index (χ0n) is 6.16. The Hall–Kier alpha value is -1.28. The van der Waals surface area contributed by atoms with Gasteiger partial charge in [-0.3, -0.25) is 4.98 Å². The minimum Gasteiger partial charge on any atom is -0.507 e. The maximum Gasteiger partial charge on any atom is 0.126 e. The van der Waals surface area contributed by atoms with Gasteiger partial charge in [0, 0.05) is 6.20 Å². The molecule has 1 aromatic heterocycles. The van der Waals surface area contributed by atoms with Crippen LogP contribution in [0.5, 0.6) is 5.75 Å². The number of phenolic OH excluding ortho intramolecular Hbond substituents is 1. The van der Waals surface area contributed by atoms with E-state index >= 15 is 0 Å². The summed E-state index contributed by atoms with van der Waals surface area (Å²) in [4.78, 5) is 4.06. The molecule has 0 unspecified atom stereocenters. The van der Waals surface area contributed by atoms with Gasteiger partial charge < -0.3 is 5.11 Å². The highest BCUT2D eigenvalue weighted by Crippen LogP contribution is 2.29. The molecule has 1 aromatic carbocycles.